The van der Waals surface area contributed by atoms with Gasteiger partial charge in [0, 0.05) is 37.4 Å². The lowest BCUT2D eigenvalue weighted by atomic mass is 9.74. The third-order valence-corrected chi connectivity index (χ3v) is 9.08. The van der Waals surface area contributed by atoms with Gasteiger partial charge in [-0.3, -0.25) is 14.2 Å². The highest BCUT2D eigenvalue weighted by Crippen LogP contribution is 2.48. The van der Waals surface area contributed by atoms with Gasteiger partial charge in [0.15, 0.2) is 0 Å². The number of benzene rings is 1. The Labute approximate surface area is 291 Å². The third-order valence-electron chi connectivity index (χ3n) is 8.84. The number of halogens is 2. The van der Waals surface area contributed by atoms with Crippen molar-refractivity contribution in [2.45, 2.75) is 44.2 Å². The average Bonchev–Trinajstić information content (AvgIpc) is 3.56. The predicted molar refractivity (Wildman–Crippen MR) is 183 cm³/mol. The summed E-state index contributed by atoms with van der Waals surface area (Å²) in [6.07, 6.45) is 10.6. The number of nitrogens with one attached hydrogen (secondary N) is 1. The molecule has 1 aromatic carbocycles. The maximum absolute atomic E-state index is 14.3. The molecule has 12 nitrogen and oxygen atoms in total. The molecule has 14 heteroatoms. The van der Waals surface area contributed by atoms with Crippen LogP contribution >= 0.6 is 11.6 Å². The Balaban J connectivity index is 1.09. The number of nitrogens with zero attached hydrogens (tertiary/aromatic N) is 5. The number of fused-ring (bicyclic) bond motifs is 3. The van der Waals surface area contributed by atoms with Crippen molar-refractivity contribution in [3.05, 3.63) is 53.1 Å². The number of alkyl halides is 1. The first kappa shape index (κ1) is 36.5. The molecular formula is C35H44ClFN6O6. The number of carbonyl (C=O) groups is 2. The van der Waals surface area contributed by atoms with Crippen molar-refractivity contribution in [3.8, 4) is 12.3 Å². The fourth-order valence-electron chi connectivity index (χ4n) is 6.38. The van der Waals surface area contributed by atoms with Crippen molar-refractivity contribution >= 4 is 40.3 Å². The fraction of sp³-hybridized carbons (Fsp3) is 0.543. The quantitative estimate of drug-likeness (QED) is 0.147. The third kappa shape index (κ3) is 9.06. The van der Waals surface area contributed by atoms with Crippen LogP contribution in [0.4, 0.5) is 14.9 Å². The molecule has 0 aliphatic carbocycles. The van der Waals surface area contributed by atoms with Crippen molar-refractivity contribution < 1.29 is 32.9 Å². The minimum Gasteiger partial charge on any atom is -0.377 e. The van der Waals surface area contributed by atoms with E-state index in [-0.39, 0.29) is 25.1 Å². The van der Waals surface area contributed by atoms with Crippen LogP contribution in [-0.4, -0.2) is 111 Å². The standard InChI is InChI=1S/C35H44ClFN6O6/c1-2-16-46-18-20-48-22-23-49-21-19-47-17-12-39-34(45)41-14-8-35(9-15-41)28-7-11-38-25-31(28)43(33(35)44)26-32-40-29-6-5-27(36)24-30(29)42(32)13-4-3-10-37/h1,5-7,11,24-25H,3-4,8-10,12-23,26H2,(H,39,45). The number of ether oxygens (including phenoxy) is 4. The molecule has 0 bridgehead atoms. The Morgan fingerprint density at radius 3 is 2.45 bits per heavy atom. The number of anilines is 1. The maximum Gasteiger partial charge on any atom is 0.317 e. The molecule has 0 unspecified atom stereocenters. The molecule has 0 atom stereocenters. The van der Waals surface area contributed by atoms with Crippen LogP contribution in [0, 0.1) is 12.3 Å². The van der Waals surface area contributed by atoms with E-state index in [1.54, 1.807) is 28.3 Å². The summed E-state index contributed by atoms with van der Waals surface area (Å²) in [5.74, 6) is 3.08. The van der Waals surface area contributed by atoms with Crippen LogP contribution in [0.1, 0.15) is 37.1 Å². The van der Waals surface area contributed by atoms with Crippen LogP contribution in [0.3, 0.4) is 0 Å². The number of rotatable bonds is 19. The molecule has 1 fully saturated rings. The highest BCUT2D eigenvalue weighted by Gasteiger charge is 2.52. The van der Waals surface area contributed by atoms with Gasteiger partial charge in [0.1, 0.15) is 12.4 Å². The molecule has 5 rings (SSSR count). The summed E-state index contributed by atoms with van der Waals surface area (Å²) in [5.41, 5.74) is 2.55. The van der Waals surface area contributed by atoms with E-state index in [0.29, 0.717) is 109 Å². The topological polar surface area (TPSA) is 120 Å². The summed E-state index contributed by atoms with van der Waals surface area (Å²) in [7, 11) is 0. The van der Waals surface area contributed by atoms with Gasteiger partial charge in [-0.2, -0.15) is 0 Å². The van der Waals surface area contributed by atoms with E-state index in [9.17, 15) is 14.0 Å². The molecule has 264 valence electrons. The van der Waals surface area contributed by atoms with Gasteiger partial charge in [0.05, 0.1) is 87.8 Å². The molecule has 1 spiro atoms. The Kier molecular flexibility index (Phi) is 13.6. The molecule has 2 aliphatic rings. The van der Waals surface area contributed by atoms with E-state index < -0.39 is 12.1 Å². The average molecular weight is 699 g/mol. The lowest BCUT2D eigenvalue weighted by Crippen LogP contribution is -2.52. The number of hydrogen-bond donors (Lipinski definition) is 1. The van der Waals surface area contributed by atoms with Crippen LogP contribution in [0.2, 0.25) is 5.02 Å². The van der Waals surface area contributed by atoms with Gasteiger partial charge in [0.2, 0.25) is 5.91 Å². The van der Waals surface area contributed by atoms with E-state index in [0.717, 1.165) is 22.3 Å². The van der Waals surface area contributed by atoms with Crippen LogP contribution in [0.25, 0.3) is 11.0 Å². The number of terminal acetylenes is 1. The molecule has 3 aromatic rings. The number of aryl methyl sites for hydroxylation is 1. The lowest BCUT2D eigenvalue weighted by Gasteiger charge is -2.38. The second-order valence-electron chi connectivity index (χ2n) is 11.9. The van der Waals surface area contributed by atoms with E-state index in [1.165, 1.54) is 0 Å². The van der Waals surface area contributed by atoms with Gasteiger partial charge < -0.3 is 38.6 Å². The molecule has 1 N–H and O–H groups in total. The van der Waals surface area contributed by atoms with Crippen LogP contribution in [0.5, 0.6) is 0 Å². The maximum atomic E-state index is 14.3. The summed E-state index contributed by atoms with van der Waals surface area (Å²) in [4.78, 5) is 40.0. The first-order valence-corrected chi connectivity index (χ1v) is 17.1. The number of piperidine rings is 1. The van der Waals surface area contributed by atoms with Crippen molar-refractivity contribution in [1.82, 2.24) is 24.8 Å². The first-order valence-electron chi connectivity index (χ1n) is 16.7. The summed E-state index contributed by atoms with van der Waals surface area (Å²) >= 11 is 6.31. The smallest absolute Gasteiger partial charge is 0.317 e. The number of urea groups is 1. The number of aromatic nitrogens is 3. The van der Waals surface area contributed by atoms with Crippen LogP contribution in [0.15, 0.2) is 36.7 Å². The molecule has 49 heavy (non-hydrogen) atoms. The monoisotopic (exact) mass is 698 g/mol. The summed E-state index contributed by atoms with van der Waals surface area (Å²) in [5, 5.41) is 3.50. The van der Waals surface area contributed by atoms with Gasteiger partial charge >= 0.3 is 6.03 Å². The van der Waals surface area contributed by atoms with Gasteiger partial charge in [-0.25, -0.2) is 9.78 Å². The first-order chi connectivity index (χ1) is 24.0. The van der Waals surface area contributed by atoms with Gasteiger partial charge in [-0.15, -0.1) is 6.42 Å². The lowest BCUT2D eigenvalue weighted by molar-refractivity contribution is -0.124. The van der Waals surface area contributed by atoms with E-state index in [4.69, 9.17) is 42.0 Å². The second kappa shape index (κ2) is 18.3. The van der Waals surface area contributed by atoms with Crippen molar-refractivity contribution in [3.63, 3.8) is 0 Å². The number of unbranched alkanes of at least 4 members (excludes halogenated alkanes) is 1. The van der Waals surface area contributed by atoms with Crippen LogP contribution in [-0.2, 0) is 42.2 Å². The van der Waals surface area contributed by atoms with Crippen molar-refractivity contribution in [2.24, 2.45) is 0 Å². The van der Waals surface area contributed by atoms with Gasteiger partial charge in [-0.05, 0) is 55.5 Å². The predicted octanol–water partition coefficient (Wildman–Crippen LogP) is 4.12. The molecule has 0 saturated carbocycles. The molecule has 4 heterocycles. The Morgan fingerprint density at radius 1 is 1.02 bits per heavy atom. The number of likely N-dealkylation sites (tertiary alicyclic amines) is 1. The van der Waals surface area contributed by atoms with Crippen LogP contribution < -0.4 is 10.2 Å². The van der Waals surface area contributed by atoms with E-state index >= 15 is 0 Å². The molecule has 1 saturated heterocycles. The van der Waals surface area contributed by atoms with Crippen molar-refractivity contribution in [1.29, 1.82) is 0 Å². The minimum absolute atomic E-state index is 0.0211. The molecule has 3 amide bonds. The van der Waals surface area contributed by atoms with Gasteiger partial charge in [0.25, 0.3) is 0 Å². The second-order valence-corrected chi connectivity index (χ2v) is 12.3. The van der Waals surface area contributed by atoms with Crippen molar-refractivity contribution in [2.75, 3.05) is 84.1 Å². The molecule has 0 radical (unpaired) electrons. The molecule has 2 aliphatic heterocycles. The summed E-state index contributed by atoms with van der Waals surface area (Å²) in [6.45, 7) is 4.92. The normalized spacial score (nSPS) is 15.2. The zero-order valence-electron chi connectivity index (χ0n) is 27.7. The largest absolute Gasteiger partial charge is 0.377 e. The molecular weight excluding hydrogens is 655 g/mol. The number of amides is 3. The highest BCUT2D eigenvalue weighted by molar-refractivity contribution is 6.31. The number of imidazole rings is 1. The van der Waals surface area contributed by atoms with E-state index in [1.807, 2.05) is 22.8 Å². The number of hydrogen-bond acceptors (Lipinski definition) is 8. The fourth-order valence-corrected chi connectivity index (χ4v) is 6.54. The Hall–Kier alpha value is -3.80. The Bertz CT molecular complexity index is 1590. The zero-order chi connectivity index (χ0) is 34.5. The minimum atomic E-state index is -0.757. The zero-order valence-corrected chi connectivity index (χ0v) is 28.5. The summed E-state index contributed by atoms with van der Waals surface area (Å²) < 4.78 is 36.5. The number of carbonyl (C=O) groups excluding carboxylic acids is 2. The highest BCUT2D eigenvalue weighted by atomic mass is 35.5. The van der Waals surface area contributed by atoms with E-state index in [2.05, 4.69) is 16.2 Å². The SMILES string of the molecule is C#CCOCCOCCOCCOCCNC(=O)N1CCC2(CC1)C(=O)N(Cc1nc3ccc(Cl)cc3n1CCCCF)c1cnccc12. The number of pyridine rings is 1. The van der Waals surface area contributed by atoms with Gasteiger partial charge in [-0.1, -0.05) is 17.5 Å². The Morgan fingerprint density at radius 2 is 1.73 bits per heavy atom. The molecule has 2 aromatic heterocycles. The summed E-state index contributed by atoms with van der Waals surface area (Å²) in [6, 6.07) is 7.23.